The summed E-state index contributed by atoms with van der Waals surface area (Å²) in [5.41, 5.74) is 1.10. The maximum absolute atomic E-state index is 13.3. The predicted molar refractivity (Wildman–Crippen MR) is 76.4 cm³/mol. The number of carbonyl (C=O) groups is 2. The molecule has 0 bridgehead atoms. The monoisotopic (exact) mass is 293 g/mol. The highest BCUT2D eigenvalue weighted by Crippen LogP contribution is 2.21. The van der Waals surface area contributed by atoms with E-state index in [1.807, 2.05) is 0 Å². The van der Waals surface area contributed by atoms with Crippen molar-refractivity contribution in [3.63, 3.8) is 0 Å². The molecule has 0 radical (unpaired) electrons. The number of esters is 1. The van der Waals surface area contributed by atoms with Crippen LogP contribution in [0.3, 0.4) is 0 Å². The first kappa shape index (κ1) is 15.5. The molecule has 1 saturated heterocycles. The summed E-state index contributed by atoms with van der Waals surface area (Å²) in [4.78, 5) is 25.9. The summed E-state index contributed by atoms with van der Waals surface area (Å²) in [6.07, 6.45) is 1.48. The quantitative estimate of drug-likeness (QED) is 0.805. The zero-order valence-corrected chi connectivity index (χ0v) is 12.4. The number of hydrogen-bond donors (Lipinski definition) is 0. The molecular weight excluding hydrogens is 273 g/mol. The smallest absolute Gasteiger partial charge is 0.310 e. The number of ether oxygens (including phenoxy) is 1. The first-order valence-corrected chi connectivity index (χ1v) is 7.25. The molecule has 1 aliphatic rings. The number of hydrogen-bond acceptors (Lipinski definition) is 3. The average molecular weight is 293 g/mol. The Morgan fingerprint density at radius 3 is 2.90 bits per heavy atom. The van der Waals surface area contributed by atoms with Gasteiger partial charge < -0.3 is 9.64 Å². The zero-order valence-electron chi connectivity index (χ0n) is 12.4. The van der Waals surface area contributed by atoms with Crippen molar-refractivity contribution in [2.45, 2.75) is 26.7 Å². The van der Waals surface area contributed by atoms with Crippen LogP contribution >= 0.6 is 0 Å². The molecule has 1 heterocycles. The first-order chi connectivity index (χ1) is 10.0. The molecule has 0 aliphatic carbocycles. The second kappa shape index (κ2) is 6.70. The normalized spacial score (nSPS) is 18.4. The summed E-state index contributed by atoms with van der Waals surface area (Å²) in [5, 5.41) is 0. The molecule has 0 aromatic heterocycles. The molecule has 21 heavy (non-hydrogen) atoms. The fourth-order valence-electron chi connectivity index (χ4n) is 2.61. The number of aryl methyl sites for hydroxylation is 1. The summed E-state index contributed by atoms with van der Waals surface area (Å²) in [6.45, 7) is 4.81. The molecule has 0 spiro atoms. The second-order valence-electron chi connectivity index (χ2n) is 5.30. The fraction of sp³-hybridized carbons (Fsp3) is 0.500. The Hall–Kier alpha value is -1.91. The summed E-state index contributed by atoms with van der Waals surface area (Å²) >= 11 is 0. The van der Waals surface area contributed by atoms with Crippen LogP contribution in [-0.2, 0) is 9.53 Å². The highest BCUT2D eigenvalue weighted by atomic mass is 19.1. The average Bonchev–Trinajstić information content (AvgIpc) is 2.49. The molecule has 1 aromatic carbocycles. The Morgan fingerprint density at radius 1 is 1.43 bits per heavy atom. The van der Waals surface area contributed by atoms with Gasteiger partial charge in [0.1, 0.15) is 5.82 Å². The van der Waals surface area contributed by atoms with Crippen LogP contribution in [0.1, 0.15) is 35.7 Å². The van der Waals surface area contributed by atoms with Crippen LogP contribution in [0.4, 0.5) is 4.39 Å². The minimum Gasteiger partial charge on any atom is -0.466 e. The predicted octanol–water partition coefficient (Wildman–Crippen LogP) is 2.55. The molecule has 5 heteroatoms. The van der Waals surface area contributed by atoms with Crippen molar-refractivity contribution < 1.29 is 18.7 Å². The lowest BCUT2D eigenvalue weighted by Crippen LogP contribution is -2.43. The summed E-state index contributed by atoms with van der Waals surface area (Å²) in [5.74, 6) is -1.19. The van der Waals surface area contributed by atoms with E-state index in [4.69, 9.17) is 4.74 Å². The largest absolute Gasteiger partial charge is 0.466 e. The molecule has 1 unspecified atom stereocenters. The SMILES string of the molecule is CCOC(=O)C1CCCN(C(=O)c2cc(F)ccc2C)C1. The van der Waals surface area contributed by atoms with Crippen molar-refractivity contribution >= 4 is 11.9 Å². The van der Waals surface area contributed by atoms with E-state index in [2.05, 4.69) is 0 Å². The van der Waals surface area contributed by atoms with Gasteiger partial charge in [0.15, 0.2) is 0 Å². The van der Waals surface area contributed by atoms with Gasteiger partial charge in [0.05, 0.1) is 12.5 Å². The highest BCUT2D eigenvalue weighted by molar-refractivity contribution is 5.96. The molecule has 114 valence electrons. The van der Waals surface area contributed by atoms with Crippen LogP contribution in [0.25, 0.3) is 0 Å². The van der Waals surface area contributed by atoms with Gasteiger partial charge >= 0.3 is 5.97 Å². The number of nitrogens with zero attached hydrogens (tertiary/aromatic N) is 1. The maximum atomic E-state index is 13.3. The van der Waals surface area contributed by atoms with Crippen molar-refractivity contribution in [2.24, 2.45) is 5.92 Å². The third kappa shape index (κ3) is 3.60. The van der Waals surface area contributed by atoms with E-state index in [0.717, 1.165) is 18.4 Å². The van der Waals surface area contributed by atoms with Crippen molar-refractivity contribution in [1.29, 1.82) is 0 Å². The van der Waals surface area contributed by atoms with E-state index in [-0.39, 0.29) is 17.8 Å². The lowest BCUT2D eigenvalue weighted by atomic mass is 9.97. The lowest BCUT2D eigenvalue weighted by molar-refractivity contribution is -0.149. The third-order valence-corrected chi connectivity index (χ3v) is 3.76. The van der Waals surface area contributed by atoms with Crippen LogP contribution in [0, 0.1) is 18.7 Å². The minimum atomic E-state index is -0.428. The molecule has 4 nitrogen and oxygen atoms in total. The van der Waals surface area contributed by atoms with Crippen molar-refractivity contribution in [3.8, 4) is 0 Å². The van der Waals surface area contributed by atoms with Crippen molar-refractivity contribution in [3.05, 3.63) is 35.1 Å². The Kier molecular flexibility index (Phi) is 4.94. The van der Waals surface area contributed by atoms with Gasteiger partial charge in [-0.25, -0.2) is 4.39 Å². The lowest BCUT2D eigenvalue weighted by Gasteiger charge is -2.32. The van der Waals surface area contributed by atoms with E-state index in [0.29, 0.717) is 25.3 Å². The van der Waals surface area contributed by atoms with Gasteiger partial charge in [0.25, 0.3) is 5.91 Å². The topological polar surface area (TPSA) is 46.6 Å². The van der Waals surface area contributed by atoms with Gasteiger partial charge in [-0.05, 0) is 44.4 Å². The second-order valence-corrected chi connectivity index (χ2v) is 5.30. The van der Waals surface area contributed by atoms with E-state index < -0.39 is 5.82 Å². The van der Waals surface area contributed by atoms with Gasteiger partial charge in [-0.3, -0.25) is 9.59 Å². The highest BCUT2D eigenvalue weighted by Gasteiger charge is 2.30. The van der Waals surface area contributed by atoms with E-state index in [9.17, 15) is 14.0 Å². The number of piperidine rings is 1. The van der Waals surface area contributed by atoms with Crippen LogP contribution in [-0.4, -0.2) is 36.5 Å². The van der Waals surface area contributed by atoms with Gasteiger partial charge in [-0.15, -0.1) is 0 Å². The van der Waals surface area contributed by atoms with Crippen LogP contribution < -0.4 is 0 Å². The molecule has 1 amide bonds. The molecular formula is C16H20FNO3. The number of amides is 1. The van der Waals surface area contributed by atoms with Crippen molar-refractivity contribution in [1.82, 2.24) is 4.90 Å². The zero-order chi connectivity index (χ0) is 15.4. The Balaban J connectivity index is 2.12. The van der Waals surface area contributed by atoms with E-state index in [1.165, 1.54) is 12.1 Å². The Labute approximate surface area is 123 Å². The summed E-state index contributed by atoms with van der Waals surface area (Å²) in [6, 6.07) is 4.19. The van der Waals surface area contributed by atoms with Crippen molar-refractivity contribution in [2.75, 3.05) is 19.7 Å². The van der Waals surface area contributed by atoms with Gasteiger partial charge in [0.2, 0.25) is 0 Å². The molecule has 1 fully saturated rings. The Bertz CT molecular complexity index is 544. The molecule has 2 rings (SSSR count). The molecule has 1 aliphatic heterocycles. The van der Waals surface area contributed by atoms with Crippen LogP contribution in [0.5, 0.6) is 0 Å². The number of rotatable bonds is 3. The standard InChI is InChI=1S/C16H20FNO3/c1-3-21-16(20)12-5-4-8-18(10-12)15(19)14-9-13(17)7-6-11(14)2/h6-7,9,12H,3-5,8,10H2,1-2H3. The van der Waals surface area contributed by atoms with Crippen LogP contribution in [0.15, 0.2) is 18.2 Å². The maximum Gasteiger partial charge on any atom is 0.310 e. The van der Waals surface area contributed by atoms with Gasteiger partial charge in [-0.1, -0.05) is 6.07 Å². The molecule has 0 saturated carbocycles. The molecule has 1 aromatic rings. The van der Waals surface area contributed by atoms with E-state index >= 15 is 0 Å². The summed E-state index contributed by atoms with van der Waals surface area (Å²) in [7, 11) is 0. The molecule has 0 N–H and O–H groups in total. The number of likely N-dealkylation sites (tertiary alicyclic amines) is 1. The van der Waals surface area contributed by atoms with Gasteiger partial charge in [0, 0.05) is 18.7 Å². The fourth-order valence-corrected chi connectivity index (χ4v) is 2.61. The number of carbonyl (C=O) groups excluding carboxylic acids is 2. The minimum absolute atomic E-state index is 0.221. The Morgan fingerprint density at radius 2 is 2.19 bits per heavy atom. The number of benzene rings is 1. The first-order valence-electron chi connectivity index (χ1n) is 7.25. The van der Waals surface area contributed by atoms with Gasteiger partial charge in [-0.2, -0.15) is 0 Å². The third-order valence-electron chi connectivity index (χ3n) is 3.76. The summed E-state index contributed by atoms with van der Waals surface area (Å²) < 4.78 is 18.4. The molecule has 1 atom stereocenters. The van der Waals surface area contributed by atoms with Crippen LogP contribution in [0.2, 0.25) is 0 Å². The van der Waals surface area contributed by atoms with E-state index in [1.54, 1.807) is 24.8 Å². The number of halogens is 1.